The van der Waals surface area contributed by atoms with Crippen molar-refractivity contribution in [3.8, 4) is 0 Å². The number of hydrogen-bond acceptors (Lipinski definition) is 4. The largest absolute Gasteiger partial charge is 0.444 e. The summed E-state index contributed by atoms with van der Waals surface area (Å²) in [7, 11) is 0. The third kappa shape index (κ3) is 10.3. The van der Waals surface area contributed by atoms with Crippen molar-refractivity contribution in [2.75, 3.05) is 13.1 Å². The lowest BCUT2D eigenvalue weighted by Gasteiger charge is -2.06. The van der Waals surface area contributed by atoms with E-state index in [0.29, 0.717) is 6.54 Å². The van der Waals surface area contributed by atoms with Crippen molar-refractivity contribution in [2.24, 2.45) is 16.5 Å². The molecule has 0 aromatic heterocycles. The molecule has 0 unspecified atom stereocenters. The lowest BCUT2D eigenvalue weighted by molar-refractivity contribution is 0.145. The molecule has 0 aliphatic rings. The fourth-order valence-corrected chi connectivity index (χ4v) is 2.07. The van der Waals surface area contributed by atoms with E-state index in [2.05, 4.69) is 10.3 Å². The Bertz CT molecular complexity index is 463. The molecule has 23 heavy (non-hydrogen) atoms. The summed E-state index contributed by atoms with van der Waals surface area (Å²) in [4.78, 5) is 15.7. The predicted octanol–water partition coefficient (Wildman–Crippen LogP) is 2.53. The number of guanidine groups is 1. The molecule has 1 aromatic rings. The topological polar surface area (TPSA) is 103 Å². The summed E-state index contributed by atoms with van der Waals surface area (Å²) >= 11 is 0. The van der Waals surface area contributed by atoms with Crippen LogP contribution in [0.3, 0.4) is 0 Å². The Labute approximate surface area is 138 Å². The van der Waals surface area contributed by atoms with Gasteiger partial charge < -0.3 is 16.2 Å². The Hall–Kier alpha value is -2.08. The van der Waals surface area contributed by atoms with Gasteiger partial charge in [-0.05, 0) is 24.9 Å². The minimum Gasteiger partial charge on any atom is -0.444 e. The number of carbonyl (C=O) groups is 1. The van der Waals surface area contributed by atoms with Crippen molar-refractivity contribution in [3.05, 3.63) is 35.9 Å². The van der Waals surface area contributed by atoms with E-state index in [4.69, 9.17) is 16.2 Å². The first-order valence-electron chi connectivity index (χ1n) is 8.20. The van der Waals surface area contributed by atoms with Gasteiger partial charge >= 0.3 is 6.09 Å². The predicted molar refractivity (Wildman–Crippen MR) is 93.0 cm³/mol. The first-order valence-corrected chi connectivity index (χ1v) is 8.20. The lowest BCUT2D eigenvalue weighted by Crippen LogP contribution is -2.37. The van der Waals surface area contributed by atoms with Crippen LogP contribution in [0.4, 0.5) is 4.79 Å². The number of unbranched alkanes of at least 4 members (excludes halogenated alkanes) is 5. The van der Waals surface area contributed by atoms with Crippen LogP contribution in [0.2, 0.25) is 0 Å². The van der Waals surface area contributed by atoms with E-state index in [1.165, 1.54) is 19.3 Å². The van der Waals surface area contributed by atoms with Gasteiger partial charge in [0.15, 0.2) is 5.96 Å². The molecule has 0 radical (unpaired) electrons. The Morgan fingerprint density at radius 2 is 1.70 bits per heavy atom. The van der Waals surface area contributed by atoms with Crippen LogP contribution < -0.4 is 16.8 Å². The fraction of sp³-hybridized carbons (Fsp3) is 0.529. The molecule has 0 bridgehead atoms. The minimum atomic E-state index is -0.586. The van der Waals surface area contributed by atoms with Crippen LogP contribution >= 0.6 is 0 Å². The molecule has 0 atom stereocenters. The number of benzene rings is 1. The van der Waals surface area contributed by atoms with E-state index in [1.807, 2.05) is 30.3 Å². The molecular weight excluding hydrogens is 292 g/mol. The molecule has 5 N–H and O–H groups in total. The van der Waals surface area contributed by atoms with Crippen molar-refractivity contribution in [2.45, 2.75) is 45.1 Å². The smallest absolute Gasteiger partial charge is 0.414 e. The molecule has 0 aliphatic heterocycles. The number of aliphatic imine (C=N–C) groups is 1. The normalized spacial score (nSPS) is 11.3. The number of carbonyl (C=O) groups excluding carboxylic acids is 1. The quantitative estimate of drug-likeness (QED) is 0.350. The molecule has 0 aliphatic carbocycles. The van der Waals surface area contributed by atoms with Crippen LogP contribution in [0.25, 0.3) is 0 Å². The summed E-state index contributed by atoms with van der Waals surface area (Å²) in [6.45, 7) is 1.59. The average Bonchev–Trinajstić information content (AvgIpc) is 2.56. The molecule has 0 saturated heterocycles. The number of amides is 1. The Morgan fingerprint density at radius 1 is 1.04 bits per heavy atom. The zero-order valence-electron chi connectivity index (χ0n) is 13.7. The molecule has 128 valence electrons. The van der Waals surface area contributed by atoms with Gasteiger partial charge in [0.25, 0.3) is 0 Å². The highest BCUT2D eigenvalue weighted by atomic mass is 16.5. The second-order valence-corrected chi connectivity index (χ2v) is 5.36. The van der Waals surface area contributed by atoms with Gasteiger partial charge in [-0.25, -0.2) is 4.79 Å². The Morgan fingerprint density at radius 3 is 2.39 bits per heavy atom. The molecule has 1 rings (SSSR count). The molecule has 0 spiro atoms. The second kappa shape index (κ2) is 12.5. The monoisotopic (exact) mass is 320 g/mol. The first kappa shape index (κ1) is 19.0. The highest BCUT2D eigenvalue weighted by Crippen LogP contribution is 2.04. The van der Waals surface area contributed by atoms with Gasteiger partial charge in [-0.2, -0.15) is 0 Å². The maximum atomic E-state index is 11.6. The number of nitrogens with two attached hydrogens (primary N) is 2. The number of alkyl carbamates (subject to hydrolysis) is 1. The molecule has 1 aromatic carbocycles. The number of hydrogen-bond donors (Lipinski definition) is 3. The van der Waals surface area contributed by atoms with E-state index in [0.717, 1.165) is 31.4 Å². The van der Waals surface area contributed by atoms with Crippen molar-refractivity contribution >= 4 is 12.1 Å². The molecule has 0 fully saturated rings. The van der Waals surface area contributed by atoms with Crippen LogP contribution in [-0.2, 0) is 11.3 Å². The van der Waals surface area contributed by atoms with Crippen LogP contribution in [0.5, 0.6) is 0 Å². The third-order valence-electron chi connectivity index (χ3n) is 3.34. The summed E-state index contributed by atoms with van der Waals surface area (Å²) < 4.78 is 5.06. The van der Waals surface area contributed by atoms with E-state index >= 15 is 0 Å². The minimum absolute atomic E-state index is 0.103. The summed E-state index contributed by atoms with van der Waals surface area (Å²) in [5.41, 5.74) is 12.0. The van der Waals surface area contributed by atoms with Gasteiger partial charge in [-0.3, -0.25) is 10.3 Å². The zero-order chi connectivity index (χ0) is 16.8. The fourth-order valence-electron chi connectivity index (χ4n) is 2.07. The van der Waals surface area contributed by atoms with Crippen LogP contribution in [0.15, 0.2) is 35.3 Å². The standard InChI is InChI=1S/C17H28N4O2/c18-12-8-3-1-2-4-9-13-20-16(19)21-17(22)23-14-15-10-6-5-7-11-15/h5-7,10-11H,1-4,8-9,12-14,18H2,(H3,19,20,21,22). The van der Waals surface area contributed by atoms with Gasteiger partial charge in [0.05, 0.1) is 0 Å². The van der Waals surface area contributed by atoms with Crippen molar-refractivity contribution in [1.29, 1.82) is 0 Å². The van der Waals surface area contributed by atoms with Gasteiger partial charge in [-0.1, -0.05) is 56.0 Å². The molecule has 0 saturated carbocycles. The number of nitrogens with zero attached hydrogens (tertiary/aromatic N) is 1. The molecule has 1 amide bonds. The van der Waals surface area contributed by atoms with Gasteiger partial charge in [-0.15, -0.1) is 0 Å². The summed E-state index contributed by atoms with van der Waals surface area (Å²) in [5, 5.41) is 2.42. The van der Waals surface area contributed by atoms with Gasteiger partial charge in [0, 0.05) is 6.54 Å². The number of ether oxygens (including phenoxy) is 1. The summed E-state index contributed by atoms with van der Waals surface area (Å²) in [6.07, 6.45) is 6.17. The highest BCUT2D eigenvalue weighted by molar-refractivity contribution is 5.92. The van der Waals surface area contributed by atoms with Gasteiger partial charge in [0.2, 0.25) is 0 Å². The zero-order valence-corrected chi connectivity index (χ0v) is 13.7. The third-order valence-corrected chi connectivity index (χ3v) is 3.34. The number of rotatable bonds is 10. The lowest BCUT2D eigenvalue weighted by atomic mass is 10.1. The van der Waals surface area contributed by atoms with Crippen molar-refractivity contribution < 1.29 is 9.53 Å². The maximum absolute atomic E-state index is 11.6. The summed E-state index contributed by atoms with van der Waals surface area (Å²) in [6, 6.07) is 9.47. The van der Waals surface area contributed by atoms with E-state index < -0.39 is 6.09 Å². The maximum Gasteiger partial charge on any atom is 0.414 e. The van der Waals surface area contributed by atoms with Crippen LogP contribution in [0.1, 0.15) is 44.1 Å². The second-order valence-electron chi connectivity index (χ2n) is 5.36. The van der Waals surface area contributed by atoms with E-state index in [-0.39, 0.29) is 12.6 Å². The Kier molecular flexibility index (Phi) is 10.3. The highest BCUT2D eigenvalue weighted by Gasteiger charge is 2.04. The molecule has 6 heteroatoms. The van der Waals surface area contributed by atoms with Crippen LogP contribution in [0, 0.1) is 0 Å². The molecule has 6 nitrogen and oxygen atoms in total. The van der Waals surface area contributed by atoms with E-state index in [9.17, 15) is 4.79 Å². The molecule has 0 heterocycles. The van der Waals surface area contributed by atoms with Crippen molar-refractivity contribution in [1.82, 2.24) is 5.32 Å². The first-order chi connectivity index (χ1) is 11.2. The van der Waals surface area contributed by atoms with Crippen molar-refractivity contribution in [3.63, 3.8) is 0 Å². The summed E-state index contributed by atoms with van der Waals surface area (Å²) in [5.74, 6) is 0.103. The van der Waals surface area contributed by atoms with Crippen LogP contribution in [-0.4, -0.2) is 25.1 Å². The molecular formula is C17H28N4O2. The van der Waals surface area contributed by atoms with Gasteiger partial charge in [0.1, 0.15) is 6.61 Å². The average molecular weight is 320 g/mol. The SMILES string of the molecule is NCCCCCCCCN=C(N)NC(=O)OCc1ccccc1. The Balaban J connectivity index is 2.07. The van der Waals surface area contributed by atoms with E-state index in [1.54, 1.807) is 0 Å². The number of nitrogens with one attached hydrogen (secondary N) is 1.